The fourth-order valence-corrected chi connectivity index (χ4v) is 5.44. The molecule has 0 rings (SSSR count). The molecule has 0 aromatic carbocycles. The maximum atomic E-state index is 12.1. The lowest BCUT2D eigenvalue weighted by atomic mass is 10.0. The summed E-state index contributed by atoms with van der Waals surface area (Å²) in [5.74, 6) is -2.40. The predicted molar refractivity (Wildman–Crippen MR) is 171 cm³/mol. The largest absolute Gasteiger partial charge is 0.480 e. The van der Waals surface area contributed by atoms with Crippen molar-refractivity contribution in [2.75, 3.05) is 19.8 Å². The maximum Gasteiger partial charge on any atom is 0.472 e. The van der Waals surface area contributed by atoms with E-state index in [-0.39, 0.29) is 12.8 Å². The molecule has 0 aliphatic heterocycles. The van der Waals surface area contributed by atoms with Crippen LogP contribution in [0, 0.1) is 0 Å². The predicted octanol–water partition coefficient (Wildman–Crippen LogP) is 7.22. The number of aliphatic hydroxyl groups excluding tert-OH is 1. The van der Waals surface area contributed by atoms with Crippen molar-refractivity contribution in [1.82, 2.24) is 5.32 Å². The molecule has 3 unspecified atom stereocenters. The van der Waals surface area contributed by atoms with Gasteiger partial charge in [0.05, 0.1) is 13.2 Å². The van der Waals surface area contributed by atoms with E-state index in [4.69, 9.17) is 4.74 Å². The smallest absolute Gasteiger partial charge is 0.472 e. The zero-order valence-corrected chi connectivity index (χ0v) is 28.4. The Morgan fingerprint density at radius 3 is 1.52 bits per heavy atom. The quantitative estimate of drug-likeness (QED) is 0.0331. The van der Waals surface area contributed by atoms with E-state index in [9.17, 15) is 34.1 Å². The number of unbranched alkanes of at least 4 members (excludes halogenated alkanes) is 18. The highest BCUT2D eigenvalue weighted by Gasteiger charge is 2.28. The van der Waals surface area contributed by atoms with Crippen molar-refractivity contribution in [3.8, 4) is 0 Å². The number of aliphatic carboxylic acids is 1. The topological polar surface area (TPSA) is 169 Å². The molecule has 0 bridgehead atoms. The zero-order chi connectivity index (χ0) is 32.9. The summed E-state index contributed by atoms with van der Waals surface area (Å²) in [6.07, 6.45) is 22.6. The number of phosphoric acid groups is 1. The van der Waals surface area contributed by atoms with Crippen LogP contribution < -0.4 is 5.32 Å². The van der Waals surface area contributed by atoms with Crippen LogP contribution >= 0.6 is 7.82 Å². The van der Waals surface area contributed by atoms with E-state index >= 15 is 0 Å². The third-order valence-corrected chi connectivity index (χ3v) is 8.35. The van der Waals surface area contributed by atoms with Crippen LogP contribution in [0.15, 0.2) is 0 Å². The third kappa shape index (κ3) is 28.0. The summed E-state index contributed by atoms with van der Waals surface area (Å²) >= 11 is 0. The SMILES string of the molecule is CCCCCCCCCCCCCCCCCCCC(=O)OCC(O)COP(=O)(O)OCC(NC(=O)CCCCC)C(=O)O. The molecule has 0 fully saturated rings. The van der Waals surface area contributed by atoms with Gasteiger partial charge in [0, 0.05) is 12.8 Å². The summed E-state index contributed by atoms with van der Waals surface area (Å²) in [6, 6.07) is -1.53. The van der Waals surface area contributed by atoms with Gasteiger partial charge in [-0.3, -0.25) is 18.6 Å². The van der Waals surface area contributed by atoms with Crippen LogP contribution in [0.1, 0.15) is 155 Å². The maximum absolute atomic E-state index is 12.1. The molecule has 0 saturated heterocycles. The molecule has 0 aromatic rings. The molecule has 4 N–H and O–H groups in total. The molecule has 0 aliphatic rings. The minimum atomic E-state index is -4.72. The molecule has 0 spiro atoms. The number of carbonyl (C=O) groups excluding carboxylic acids is 2. The molecule has 0 saturated carbocycles. The Morgan fingerprint density at radius 2 is 1.05 bits per heavy atom. The molecular weight excluding hydrogens is 589 g/mol. The summed E-state index contributed by atoms with van der Waals surface area (Å²) in [7, 11) is -4.72. The fraction of sp³-hybridized carbons (Fsp3) is 0.906. The molecule has 260 valence electrons. The zero-order valence-electron chi connectivity index (χ0n) is 27.5. The lowest BCUT2D eigenvalue weighted by molar-refractivity contribution is -0.147. The monoisotopic (exact) mass is 651 g/mol. The van der Waals surface area contributed by atoms with Gasteiger partial charge in [-0.1, -0.05) is 129 Å². The average molecular weight is 652 g/mol. The Bertz CT molecular complexity index is 782. The molecule has 3 atom stereocenters. The molecule has 11 nitrogen and oxygen atoms in total. The number of aliphatic hydroxyl groups is 1. The van der Waals surface area contributed by atoms with E-state index in [1.807, 2.05) is 6.92 Å². The highest BCUT2D eigenvalue weighted by molar-refractivity contribution is 7.47. The van der Waals surface area contributed by atoms with Crippen molar-refractivity contribution in [3.05, 3.63) is 0 Å². The molecular formula is C32H62NO10P. The Kier molecular flexibility index (Phi) is 27.9. The van der Waals surface area contributed by atoms with Gasteiger partial charge in [0.15, 0.2) is 6.04 Å². The Hall–Kier alpha value is -1.52. The normalized spacial score (nSPS) is 14.1. The van der Waals surface area contributed by atoms with Crippen molar-refractivity contribution in [2.24, 2.45) is 0 Å². The minimum Gasteiger partial charge on any atom is -0.480 e. The van der Waals surface area contributed by atoms with Gasteiger partial charge in [-0.15, -0.1) is 0 Å². The standard InChI is InChI=1S/C32H62NO10P/c1-3-5-7-8-9-10-11-12-13-14-15-16-17-18-19-20-22-24-31(36)41-25-28(34)26-42-44(39,40)43-27-29(32(37)38)33-30(35)23-21-6-4-2/h28-29,34H,3-27H2,1-2H3,(H,33,35)(H,37,38)(H,39,40). The Labute approximate surface area is 265 Å². The van der Waals surface area contributed by atoms with Crippen molar-refractivity contribution in [1.29, 1.82) is 0 Å². The summed E-state index contributed by atoms with van der Waals surface area (Å²) < 4.78 is 26.4. The first kappa shape index (κ1) is 42.5. The average Bonchev–Trinajstić information content (AvgIpc) is 2.98. The number of hydrogen-bond donors (Lipinski definition) is 4. The van der Waals surface area contributed by atoms with E-state index in [1.54, 1.807) is 0 Å². The van der Waals surface area contributed by atoms with Gasteiger partial charge < -0.3 is 25.2 Å². The van der Waals surface area contributed by atoms with E-state index in [1.165, 1.54) is 83.5 Å². The number of nitrogens with one attached hydrogen (secondary N) is 1. The Balaban J connectivity index is 3.79. The second-order valence-electron chi connectivity index (χ2n) is 11.7. The van der Waals surface area contributed by atoms with Crippen LogP contribution in [0.25, 0.3) is 0 Å². The molecule has 0 heterocycles. The number of hydrogen-bond acceptors (Lipinski definition) is 8. The van der Waals surface area contributed by atoms with Crippen LogP contribution in [0.2, 0.25) is 0 Å². The van der Waals surface area contributed by atoms with Crippen LogP contribution in [0.4, 0.5) is 0 Å². The Morgan fingerprint density at radius 1 is 0.636 bits per heavy atom. The van der Waals surface area contributed by atoms with Crippen molar-refractivity contribution in [3.63, 3.8) is 0 Å². The van der Waals surface area contributed by atoms with Gasteiger partial charge in [-0.25, -0.2) is 9.36 Å². The van der Waals surface area contributed by atoms with Gasteiger partial charge in [0.1, 0.15) is 12.7 Å². The summed E-state index contributed by atoms with van der Waals surface area (Å²) in [6.45, 7) is 2.34. The summed E-state index contributed by atoms with van der Waals surface area (Å²) in [4.78, 5) is 44.9. The summed E-state index contributed by atoms with van der Waals surface area (Å²) in [5, 5.41) is 21.4. The lowest BCUT2D eigenvalue weighted by Crippen LogP contribution is -2.43. The van der Waals surface area contributed by atoms with Gasteiger partial charge in [-0.05, 0) is 12.8 Å². The van der Waals surface area contributed by atoms with Crippen molar-refractivity contribution >= 4 is 25.7 Å². The molecule has 0 aliphatic carbocycles. The lowest BCUT2D eigenvalue weighted by Gasteiger charge is -2.18. The number of esters is 1. The number of amides is 1. The third-order valence-electron chi connectivity index (χ3n) is 7.40. The van der Waals surface area contributed by atoms with Crippen LogP contribution in [-0.2, 0) is 32.7 Å². The minimum absolute atomic E-state index is 0.134. The number of carboxylic acids is 1. The van der Waals surface area contributed by atoms with E-state index in [0.717, 1.165) is 32.1 Å². The highest BCUT2D eigenvalue weighted by Crippen LogP contribution is 2.43. The summed E-state index contributed by atoms with van der Waals surface area (Å²) in [5.41, 5.74) is 0. The fourth-order valence-electron chi connectivity index (χ4n) is 4.67. The second kappa shape index (κ2) is 28.9. The number of carboxylic acid groups (broad SMARTS) is 1. The van der Waals surface area contributed by atoms with E-state index in [0.29, 0.717) is 12.8 Å². The van der Waals surface area contributed by atoms with Gasteiger partial charge in [0.2, 0.25) is 5.91 Å². The van der Waals surface area contributed by atoms with Crippen LogP contribution in [0.5, 0.6) is 0 Å². The molecule has 12 heteroatoms. The van der Waals surface area contributed by atoms with Gasteiger partial charge >= 0.3 is 19.8 Å². The first-order valence-electron chi connectivity index (χ1n) is 17.1. The van der Waals surface area contributed by atoms with Crippen molar-refractivity contribution in [2.45, 2.75) is 167 Å². The first-order valence-corrected chi connectivity index (χ1v) is 18.6. The molecule has 1 amide bonds. The number of rotatable bonds is 32. The van der Waals surface area contributed by atoms with Crippen molar-refractivity contribution < 1.29 is 47.8 Å². The number of phosphoric ester groups is 1. The number of ether oxygens (including phenoxy) is 1. The highest BCUT2D eigenvalue weighted by atomic mass is 31.2. The molecule has 0 aromatic heterocycles. The molecule has 0 radical (unpaired) electrons. The van der Waals surface area contributed by atoms with Gasteiger partial charge in [-0.2, -0.15) is 0 Å². The van der Waals surface area contributed by atoms with E-state index in [2.05, 4.69) is 21.3 Å². The second-order valence-corrected chi connectivity index (χ2v) is 13.2. The number of carbonyl (C=O) groups is 3. The van der Waals surface area contributed by atoms with Gasteiger partial charge in [0.25, 0.3) is 0 Å². The molecule has 44 heavy (non-hydrogen) atoms. The van der Waals surface area contributed by atoms with Crippen LogP contribution in [0.3, 0.4) is 0 Å². The first-order chi connectivity index (χ1) is 21.1. The van der Waals surface area contributed by atoms with E-state index < -0.39 is 57.6 Å². The van der Waals surface area contributed by atoms with Crippen LogP contribution in [-0.4, -0.2) is 64.9 Å².